The molecule has 1 amide bonds. The molecule has 8 heteroatoms. The number of carbonyl (C=O) groups excluding carboxylic acids is 1. The number of rotatable bonds is 4. The molecule has 0 bridgehead atoms. The van der Waals surface area contributed by atoms with Gasteiger partial charge in [0.1, 0.15) is 6.33 Å². The molecule has 5 rings (SSSR count). The Morgan fingerprint density at radius 2 is 1.67 bits per heavy atom. The summed E-state index contributed by atoms with van der Waals surface area (Å²) in [6.07, 6.45) is 13.3. The van der Waals surface area contributed by atoms with Gasteiger partial charge in [0, 0.05) is 43.4 Å². The van der Waals surface area contributed by atoms with Crippen LogP contribution in [0.4, 0.5) is 5.95 Å². The van der Waals surface area contributed by atoms with Crippen molar-refractivity contribution in [1.29, 1.82) is 0 Å². The molecule has 4 heterocycles. The van der Waals surface area contributed by atoms with Crippen LogP contribution in [0.2, 0.25) is 0 Å². The molecule has 2 aromatic rings. The van der Waals surface area contributed by atoms with E-state index in [1.165, 1.54) is 6.33 Å². The van der Waals surface area contributed by atoms with E-state index >= 15 is 0 Å². The quantitative estimate of drug-likeness (QED) is 0.881. The average Bonchev–Trinajstić information content (AvgIpc) is 3.48. The summed E-state index contributed by atoms with van der Waals surface area (Å²) in [7, 11) is 0. The van der Waals surface area contributed by atoms with E-state index in [1.807, 2.05) is 17.3 Å². The first-order valence-electron chi connectivity index (χ1n) is 9.47. The molecule has 2 aliphatic heterocycles. The molecule has 140 valence electrons. The van der Waals surface area contributed by atoms with Crippen LogP contribution in [-0.2, 0) is 10.3 Å². The number of hydrogen-bond donors (Lipinski definition) is 1. The van der Waals surface area contributed by atoms with E-state index < -0.39 is 0 Å². The van der Waals surface area contributed by atoms with Gasteiger partial charge in [-0.1, -0.05) is 0 Å². The molecule has 27 heavy (non-hydrogen) atoms. The molecule has 0 aromatic carbocycles. The third-order valence-corrected chi connectivity index (χ3v) is 6.04. The number of hydrogen-bond acceptors (Lipinski definition) is 7. The van der Waals surface area contributed by atoms with Gasteiger partial charge in [-0.3, -0.25) is 4.79 Å². The van der Waals surface area contributed by atoms with Gasteiger partial charge < -0.3 is 15.0 Å². The highest BCUT2D eigenvalue weighted by Crippen LogP contribution is 2.47. The predicted octanol–water partition coefficient (Wildman–Crippen LogP) is 1.76. The highest BCUT2D eigenvalue weighted by atomic mass is 16.5. The molecular weight excluding hydrogens is 344 g/mol. The van der Waals surface area contributed by atoms with Gasteiger partial charge in [0.2, 0.25) is 5.95 Å². The molecule has 1 N–H and O–H groups in total. The molecule has 0 unspecified atom stereocenters. The van der Waals surface area contributed by atoms with E-state index in [0.29, 0.717) is 11.5 Å². The molecular formula is C19H22N6O2. The summed E-state index contributed by atoms with van der Waals surface area (Å²) in [5.74, 6) is 0.515. The number of nitrogens with zero attached hydrogens (tertiary/aromatic N) is 5. The van der Waals surface area contributed by atoms with Crippen molar-refractivity contribution < 1.29 is 9.53 Å². The highest BCUT2D eigenvalue weighted by molar-refractivity contribution is 5.93. The predicted molar refractivity (Wildman–Crippen MR) is 97.0 cm³/mol. The number of ether oxygens (including phenoxy) is 1. The minimum atomic E-state index is -0.184. The van der Waals surface area contributed by atoms with Crippen LogP contribution in [0.15, 0.2) is 31.1 Å². The first-order valence-corrected chi connectivity index (χ1v) is 9.47. The number of nitrogens with one attached hydrogen (secondary N) is 1. The number of likely N-dealkylation sites (tertiary alicyclic amines) is 1. The Balaban J connectivity index is 1.23. The summed E-state index contributed by atoms with van der Waals surface area (Å²) >= 11 is 0. The summed E-state index contributed by atoms with van der Waals surface area (Å²) in [6.45, 7) is 2.32. The second kappa shape index (κ2) is 6.23. The number of aromatic nitrogens is 4. The Bertz CT molecular complexity index is 823. The Labute approximate surface area is 157 Å². The van der Waals surface area contributed by atoms with Crippen molar-refractivity contribution in [2.45, 2.75) is 43.2 Å². The molecule has 1 spiro atoms. The maximum Gasteiger partial charge on any atom is 0.256 e. The zero-order valence-corrected chi connectivity index (χ0v) is 15.1. The van der Waals surface area contributed by atoms with Crippen molar-refractivity contribution in [3.63, 3.8) is 0 Å². The largest absolute Gasteiger partial charge is 0.375 e. The van der Waals surface area contributed by atoms with Crippen molar-refractivity contribution >= 4 is 11.9 Å². The van der Waals surface area contributed by atoms with Gasteiger partial charge in [0.15, 0.2) is 0 Å². The Kier molecular flexibility index (Phi) is 3.82. The molecule has 3 aliphatic rings. The van der Waals surface area contributed by atoms with Crippen molar-refractivity contribution in [2.75, 3.05) is 25.0 Å². The molecule has 8 nitrogen and oxygen atoms in total. The van der Waals surface area contributed by atoms with Crippen LogP contribution >= 0.6 is 0 Å². The van der Waals surface area contributed by atoms with Crippen LogP contribution in [-0.4, -0.2) is 56.0 Å². The lowest BCUT2D eigenvalue weighted by molar-refractivity contribution is -0.169. The summed E-state index contributed by atoms with van der Waals surface area (Å²) < 4.78 is 5.72. The zero-order chi connectivity index (χ0) is 18.3. The topological polar surface area (TPSA) is 93.1 Å². The Morgan fingerprint density at radius 1 is 1.00 bits per heavy atom. The molecule has 3 fully saturated rings. The molecule has 2 saturated heterocycles. The molecule has 1 saturated carbocycles. The van der Waals surface area contributed by atoms with Crippen molar-refractivity contribution in [3.8, 4) is 0 Å². The van der Waals surface area contributed by atoms with Gasteiger partial charge in [-0.05, 0) is 32.1 Å². The lowest BCUT2D eigenvalue weighted by atomic mass is 9.84. The van der Waals surface area contributed by atoms with Crippen LogP contribution in [0.3, 0.4) is 0 Å². The minimum Gasteiger partial charge on any atom is -0.375 e. The fraction of sp³-hybridized carbons (Fsp3) is 0.526. The molecule has 2 aromatic heterocycles. The van der Waals surface area contributed by atoms with Gasteiger partial charge in [-0.15, -0.1) is 0 Å². The lowest BCUT2D eigenvalue weighted by Crippen LogP contribution is -2.53. The summed E-state index contributed by atoms with van der Waals surface area (Å²) in [4.78, 5) is 31.5. The smallest absolute Gasteiger partial charge is 0.256 e. The number of amides is 1. The van der Waals surface area contributed by atoms with Gasteiger partial charge >= 0.3 is 0 Å². The number of piperidine rings is 1. The normalized spacial score (nSPS) is 22.1. The maximum absolute atomic E-state index is 12.7. The third-order valence-electron chi connectivity index (χ3n) is 6.04. The summed E-state index contributed by atoms with van der Waals surface area (Å²) in [5.41, 5.74) is 1.42. The minimum absolute atomic E-state index is 0.00619. The lowest BCUT2D eigenvalue weighted by Gasteiger charge is -2.47. The van der Waals surface area contributed by atoms with E-state index in [9.17, 15) is 4.79 Å². The van der Waals surface area contributed by atoms with Crippen molar-refractivity contribution in [3.05, 3.63) is 42.2 Å². The average molecular weight is 366 g/mol. The number of anilines is 1. The second-order valence-electron chi connectivity index (χ2n) is 7.70. The standard InChI is InChI=1S/C19H22N6O2/c26-16(25-6-3-18(4-7-25)5-8-27-18)14-9-22-17(23-10-14)24-19(1-2-19)15-11-20-13-21-12-15/h9-13H,1-8H2,(H,22,23,24). The van der Waals surface area contributed by atoms with Crippen LogP contribution in [0.1, 0.15) is 48.0 Å². The first kappa shape index (κ1) is 16.6. The number of carbonyl (C=O) groups is 1. The van der Waals surface area contributed by atoms with E-state index in [1.54, 1.807) is 12.4 Å². The van der Waals surface area contributed by atoms with Gasteiger partial charge in [0.05, 0.1) is 23.3 Å². The molecule has 0 atom stereocenters. The summed E-state index contributed by atoms with van der Waals surface area (Å²) in [5, 5.41) is 3.37. The van der Waals surface area contributed by atoms with E-state index in [2.05, 4.69) is 25.3 Å². The van der Waals surface area contributed by atoms with E-state index in [0.717, 1.165) is 57.4 Å². The second-order valence-corrected chi connectivity index (χ2v) is 7.70. The van der Waals surface area contributed by atoms with Gasteiger partial charge in [-0.25, -0.2) is 19.9 Å². The maximum atomic E-state index is 12.7. The van der Waals surface area contributed by atoms with E-state index in [-0.39, 0.29) is 17.0 Å². The van der Waals surface area contributed by atoms with Crippen LogP contribution in [0, 0.1) is 0 Å². The van der Waals surface area contributed by atoms with Crippen LogP contribution in [0.25, 0.3) is 0 Å². The van der Waals surface area contributed by atoms with Crippen molar-refractivity contribution in [2.24, 2.45) is 0 Å². The van der Waals surface area contributed by atoms with Crippen LogP contribution in [0.5, 0.6) is 0 Å². The fourth-order valence-corrected chi connectivity index (χ4v) is 3.96. The van der Waals surface area contributed by atoms with E-state index in [4.69, 9.17) is 4.74 Å². The third kappa shape index (κ3) is 3.03. The summed E-state index contributed by atoms with van der Waals surface area (Å²) in [6, 6.07) is 0. The van der Waals surface area contributed by atoms with Crippen LogP contribution < -0.4 is 5.32 Å². The molecule has 1 aliphatic carbocycles. The molecule has 0 radical (unpaired) electrons. The van der Waals surface area contributed by atoms with Gasteiger partial charge in [-0.2, -0.15) is 0 Å². The first-order chi connectivity index (χ1) is 13.2. The highest BCUT2D eigenvalue weighted by Gasteiger charge is 2.45. The zero-order valence-electron chi connectivity index (χ0n) is 15.1. The van der Waals surface area contributed by atoms with Crippen molar-refractivity contribution in [1.82, 2.24) is 24.8 Å². The Hall–Kier alpha value is -2.61. The fourth-order valence-electron chi connectivity index (χ4n) is 3.96. The monoisotopic (exact) mass is 366 g/mol. The van der Waals surface area contributed by atoms with Gasteiger partial charge in [0.25, 0.3) is 5.91 Å². The Morgan fingerprint density at radius 3 is 2.22 bits per heavy atom. The SMILES string of the molecule is O=C(c1cnc(NC2(c3cncnc3)CC2)nc1)N1CCC2(CCO2)CC1.